The Morgan fingerprint density at radius 3 is 2.34 bits per heavy atom. The predicted octanol–water partition coefficient (Wildman–Crippen LogP) is 4.55. The molecule has 38 heavy (non-hydrogen) atoms. The van der Waals surface area contributed by atoms with E-state index in [0.29, 0.717) is 31.2 Å². The number of aromatic hydroxyl groups is 1. The molecule has 2 aromatic rings. The van der Waals surface area contributed by atoms with Gasteiger partial charge in [-0.2, -0.15) is 0 Å². The molecule has 1 saturated heterocycles. The molecule has 0 aromatic heterocycles. The van der Waals surface area contributed by atoms with Crippen LogP contribution in [0.15, 0.2) is 30.3 Å². The van der Waals surface area contributed by atoms with Gasteiger partial charge in [-0.15, -0.1) is 0 Å². The van der Waals surface area contributed by atoms with E-state index in [9.17, 15) is 9.90 Å². The molecule has 2 N–H and O–H groups in total. The first kappa shape index (κ1) is 28.0. The molecule has 2 heterocycles. The normalized spacial score (nSPS) is 17.5. The lowest BCUT2D eigenvalue weighted by molar-refractivity contribution is -0.128. The van der Waals surface area contributed by atoms with Gasteiger partial charge in [-0.3, -0.25) is 10.1 Å². The molecule has 1 fully saturated rings. The third-order valence-corrected chi connectivity index (χ3v) is 7.17. The minimum atomic E-state index is -0.223. The van der Waals surface area contributed by atoms with Gasteiger partial charge >= 0.3 is 0 Å². The number of hydrogen-bond donors (Lipinski definition) is 2. The van der Waals surface area contributed by atoms with E-state index in [-0.39, 0.29) is 29.7 Å². The first-order valence-electron chi connectivity index (χ1n) is 13.5. The molecule has 1 atom stereocenters. The van der Waals surface area contributed by atoms with E-state index in [2.05, 4.69) is 70.9 Å². The minimum Gasteiger partial charge on any atom is -0.507 e. The monoisotopic (exact) mass is 525 g/mol. The molecule has 8 heteroatoms. The maximum Gasteiger partial charge on any atom is 0.238 e. The van der Waals surface area contributed by atoms with Gasteiger partial charge in [0.2, 0.25) is 12.7 Å². The number of rotatable bonds is 9. The first-order chi connectivity index (χ1) is 17.8. The third kappa shape index (κ3) is 6.35. The molecule has 2 aromatic carbocycles. The number of nitrogens with zero attached hydrogens (tertiary/aromatic N) is 2. The van der Waals surface area contributed by atoms with Crippen molar-refractivity contribution in [1.82, 2.24) is 15.1 Å². The summed E-state index contributed by atoms with van der Waals surface area (Å²) in [4.78, 5) is 17.0. The van der Waals surface area contributed by atoms with Gasteiger partial charge < -0.3 is 29.1 Å². The number of amides is 1. The molecular formula is C30H43N3O5. The van der Waals surface area contributed by atoms with Crippen molar-refractivity contribution in [3.63, 3.8) is 0 Å². The predicted molar refractivity (Wildman–Crippen MR) is 148 cm³/mol. The first-order valence-corrected chi connectivity index (χ1v) is 13.5. The van der Waals surface area contributed by atoms with Crippen LogP contribution in [-0.2, 0) is 15.6 Å². The Hall–Kier alpha value is -2.97. The van der Waals surface area contributed by atoms with Crippen LogP contribution in [0.25, 0.3) is 0 Å². The standard InChI is InChI=1S/C30H43N3O5/c1-29(2,3)22-15-20(16-23(27(22)35)30(4,5)6)28-31-18-26(34)33(28)12-8-11-32(7)13-14-36-21-9-10-24-25(17-21)38-19-37-24/h9-10,15-17,28,31,35H,8,11-14,18-19H2,1-7H3. The zero-order chi connectivity index (χ0) is 27.7. The Balaban J connectivity index is 1.35. The highest BCUT2D eigenvalue weighted by Gasteiger charge is 2.34. The van der Waals surface area contributed by atoms with E-state index in [4.69, 9.17) is 14.2 Å². The quantitative estimate of drug-likeness (QED) is 0.497. The van der Waals surface area contributed by atoms with Crippen LogP contribution in [0.5, 0.6) is 23.0 Å². The van der Waals surface area contributed by atoms with Gasteiger partial charge in [-0.1, -0.05) is 41.5 Å². The smallest absolute Gasteiger partial charge is 0.238 e. The molecule has 0 bridgehead atoms. The molecule has 4 rings (SSSR count). The number of nitrogens with one attached hydrogen (secondary N) is 1. The molecule has 0 saturated carbocycles. The molecule has 8 nitrogen and oxygen atoms in total. The summed E-state index contributed by atoms with van der Waals surface area (Å²) in [6.45, 7) is 16.0. The second-order valence-corrected chi connectivity index (χ2v) is 12.4. The maximum absolute atomic E-state index is 12.8. The molecule has 0 radical (unpaired) electrons. The van der Waals surface area contributed by atoms with Crippen LogP contribution in [0, 0.1) is 0 Å². The van der Waals surface area contributed by atoms with Crippen LogP contribution < -0.4 is 19.5 Å². The summed E-state index contributed by atoms with van der Waals surface area (Å²) in [6.07, 6.45) is 0.644. The van der Waals surface area contributed by atoms with E-state index in [1.165, 1.54) is 0 Å². The lowest BCUT2D eigenvalue weighted by atomic mass is 9.78. The molecule has 2 aliphatic rings. The van der Waals surface area contributed by atoms with Crippen molar-refractivity contribution in [3.8, 4) is 23.0 Å². The van der Waals surface area contributed by atoms with Gasteiger partial charge in [0.25, 0.3) is 0 Å². The topological polar surface area (TPSA) is 83.5 Å². The van der Waals surface area contributed by atoms with Gasteiger partial charge in [-0.05, 0) is 71.8 Å². The van der Waals surface area contributed by atoms with E-state index in [1.807, 2.05) is 23.1 Å². The number of fused-ring (bicyclic) bond motifs is 1. The minimum absolute atomic E-state index is 0.103. The summed E-state index contributed by atoms with van der Waals surface area (Å²) >= 11 is 0. The van der Waals surface area contributed by atoms with E-state index >= 15 is 0 Å². The highest BCUT2D eigenvalue weighted by molar-refractivity contribution is 5.81. The van der Waals surface area contributed by atoms with Crippen molar-refractivity contribution in [1.29, 1.82) is 0 Å². The second-order valence-electron chi connectivity index (χ2n) is 12.4. The number of benzene rings is 2. The highest BCUT2D eigenvalue weighted by Crippen LogP contribution is 2.41. The summed E-state index contributed by atoms with van der Waals surface area (Å²) in [6, 6.07) is 9.73. The summed E-state index contributed by atoms with van der Waals surface area (Å²) < 4.78 is 16.6. The van der Waals surface area contributed by atoms with Crippen molar-refractivity contribution >= 4 is 5.91 Å². The Bertz CT molecular complexity index is 1120. The number of hydrogen-bond acceptors (Lipinski definition) is 7. The lowest BCUT2D eigenvalue weighted by Crippen LogP contribution is -2.34. The maximum atomic E-state index is 12.8. The van der Waals surface area contributed by atoms with E-state index in [1.54, 1.807) is 0 Å². The fourth-order valence-electron chi connectivity index (χ4n) is 4.96. The highest BCUT2D eigenvalue weighted by atomic mass is 16.7. The van der Waals surface area contributed by atoms with Crippen LogP contribution in [0.1, 0.15) is 70.8 Å². The van der Waals surface area contributed by atoms with Gasteiger partial charge in [0, 0.05) is 19.2 Å². The van der Waals surface area contributed by atoms with Crippen LogP contribution in [0.4, 0.5) is 0 Å². The van der Waals surface area contributed by atoms with Crippen LogP contribution >= 0.6 is 0 Å². The number of phenolic OH excluding ortho intramolecular Hbond substituents is 1. The van der Waals surface area contributed by atoms with Crippen molar-refractivity contribution in [2.75, 3.05) is 46.6 Å². The van der Waals surface area contributed by atoms with Gasteiger partial charge in [0.15, 0.2) is 11.5 Å². The Morgan fingerprint density at radius 1 is 1.03 bits per heavy atom. The second kappa shape index (κ2) is 11.0. The third-order valence-electron chi connectivity index (χ3n) is 7.17. The van der Waals surface area contributed by atoms with Crippen molar-refractivity contribution in [2.24, 2.45) is 0 Å². The largest absolute Gasteiger partial charge is 0.507 e. The summed E-state index contributed by atoms with van der Waals surface area (Å²) in [5, 5.41) is 14.5. The van der Waals surface area contributed by atoms with E-state index < -0.39 is 0 Å². The summed E-state index contributed by atoms with van der Waals surface area (Å²) in [5.41, 5.74) is 2.39. The fourth-order valence-corrected chi connectivity index (χ4v) is 4.96. The number of phenols is 1. The SMILES string of the molecule is CN(CCCN1C(=O)CNC1c1cc(C(C)(C)C)c(O)c(C(C)(C)C)c1)CCOc1ccc2c(c1)OCO2. The molecule has 1 unspecified atom stereocenters. The summed E-state index contributed by atoms with van der Waals surface area (Å²) in [7, 11) is 2.07. The van der Waals surface area contributed by atoms with Gasteiger partial charge in [0.05, 0.1) is 6.54 Å². The molecule has 1 amide bonds. The molecular weight excluding hydrogens is 482 g/mol. The molecule has 0 aliphatic carbocycles. The number of likely N-dealkylation sites (N-methyl/N-ethyl adjacent to an activating group) is 1. The zero-order valence-electron chi connectivity index (χ0n) is 23.9. The van der Waals surface area contributed by atoms with Crippen LogP contribution in [-0.4, -0.2) is 67.4 Å². The van der Waals surface area contributed by atoms with Crippen molar-refractivity contribution in [3.05, 3.63) is 47.0 Å². The molecule has 208 valence electrons. The van der Waals surface area contributed by atoms with Crippen molar-refractivity contribution in [2.45, 2.75) is 65.0 Å². The van der Waals surface area contributed by atoms with Crippen molar-refractivity contribution < 1.29 is 24.1 Å². The van der Waals surface area contributed by atoms with Crippen LogP contribution in [0.3, 0.4) is 0 Å². The van der Waals surface area contributed by atoms with Gasteiger partial charge in [-0.25, -0.2) is 0 Å². The Labute approximate surface area is 226 Å². The lowest BCUT2D eigenvalue weighted by Gasteiger charge is -2.31. The van der Waals surface area contributed by atoms with E-state index in [0.717, 1.165) is 47.7 Å². The van der Waals surface area contributed by atoms with Crippen LogP contribution in [0.2, 0.25) is 0 Å². The van der Waals surface area contributed by atoms with Gasteiger partial charge in [0.1, 0.15) is 24.3 Å². The average Bonchev–Trinajstić information content (AvgIpc) is 3.44. The number of ether oxygens (including phenoxy) is 3. The Kier molecular flexibility index (Phi) is 8.14. The number of carbonyl (C=O) groups is 1. The number of carbonyl (C=O) groups excluding carboxylic acids is 1. The Morgan fingerprint density at radius 2 is 1.68 bits per heavy atom. The summed E-state index contributed by atoms with van der Waals surface area (Å²) in [5.74, 6) is 2.68. The zero-order valence-corrected chi connectivity index (χ0v) is 23.9. The molecule has 0 spiro atoms. The fraction of sp³-hybridized carbons (Fsp3) is 0.567. The average molecular weight is 526 g/mol. The molecule has 2 aliphatic heterocycles.